The molecule has 0 aliphatic carbocycles. The molecule has 0 aromatic rings. The minimum absolute atomic E-state index is 0. The second kappa shape index (κ2) is 18.8. The van der Waals surface area contributed by atoms with Crippen LogP contribution < -0.4 is 71.7 Å². The average Bonchev–Trinajstić information content (AvgIpc) is 1.97. The van der Waals surface area contributed by atoms with Crippen LogP contribution >= 0.6 is 0 Å². The monoisotopic (exact) mass is 224 g/mol. The van der Waals surface area contributed by atoms with Crippen molar-refractivity contribution in [1.82, 2.24) is 0 Å². The van der Waals surface area contributed by atoms with Crippen LogP contribution in [0.4, 0.5) is 0 Å². The Morgan fingerprint density at radius 3 is 1.41 bits per heavy atom. The molecule has 0 bridgehead atoms. The SMILES string of the molecule is C=CCC(C(=O)O)C(=O)O.[Li+].[Li+].[Li+].[O-]B([O-])[O-]. The Hall–Kier alpha value is 0.417. The first-order valence-corrected chi connectivity index (χ1v) is 3.36. The molecule has 0 aromatic heterocycles. The molecule has 11 heteroatoms. The molecule has 0 atom stereocenters. The van der Waals surface area contributed by atoms with Crippen molar-refractivity contribution in [1.29, 1.82) is 0 Å². The number of carbonyl (C=O) groups is 2. The van der Waals surface area contributed by atoms with Gasteiger partial charge in [0.2, 0.25) is 0 Å². The molecule has 0 amide bonds. The second-order valence-electron chi connectivity index (χ2n) is 2.04. The van der Waals surface area contributed by atoms with Crippen LogP contribution in [0.25, 0.3) is 0 Å². The average molecular weight is 224 g/mol. The van der Waals surface area contributed by atoms with E-state index in [1.807, 2.05) is 0 Å². The molecular weight excluding hydrogens is 216 g/mol. The zero-order valence-electron chi connectivity index (χ0n) is 10.1. The fraction of sp³-hybridized carbons (Fsp3) is 0.333. The molecule has 0 saturated heterocycles. The molecule has 0 radical (unpaired) electrons. The van der Waals surface area contributed by atoms with Crippen molar-refractivity contribution in [3.05, 3.63) is 12.7 Å². The quantitative estimate of drug-likeness (QED) is 0.274. The van der Waals surface area contributed by atoms with Crippen LogP contribution in [-0.2, 0) is 9.59 Å². The Morgan fingerprint density at radius 2 is 1.35 bits per heavy atom. The minimum atomic E-state index is -2.92. The Kier molecular flexibility index (Phi) is 33.6. The molecular formula is C6H8BLi3O7. The van der Waals surface area contributed by atoms with Crippen LogP contribution in [0.3, 0.4) is 0 Å². The van der Waals surface area contributed by atoms with Gasteiger partial charge in [-0.15, -0.1) is 6.58 Å². The number of hydrogen-bond donors (Lipinski definition) is 2. The predicted octanol–water partition coefficient (Wildman–Crippen LogP) is -12.6. The Balaban J connectivity index is -0.0000000607. The van der Waals surface area contributed by atoms with E-state index in [9.17, 15) is 9.59 Å². The molecule has 80 valence electrons. The van der Waals surface area contributed by atoms with Crippen LogP contribution in [0.5, 0.6) is 0 Å². The van der Waals surface area contributed by atoms with Crippen molar-refractivity contribution in [3.8, 4) is 0 Å². The third-order valence-electron chi connectivity index (χ3n) is 0.999. The van der Waals surface area contributed by atoms with Gasteiger partial charge in [0.25, 0.3) is 0 Å². The number of aliphatic carboxylic acids is 2. The smallest absolute Gasteiger partial charge is 0.907 e. The number of allylic oxidation sites excluding steroid dienone is 1. The van der Waals surface area contributed by atoms with Crippen LogP contribution in [0, 0.1) is 5.92 Å². The van der Waals surface area contributed by atoms with E-state index in [1.165, 1.54) is 6.08 Å². The summed E-state index contributed by atoms with van der Waals surface area (Å²) in [5.41, 5.74) is 0. The molecule has 0 saturated carbocycles. The summed E-state index contributed by atoms with van der Waals surface area (Å²) in [6.45, 7) is 3.24. The first-order valence-electron chi connectivity index (χ1n) is 3.36. The molecule has 0 spiro atoms. The molecule has 17 heavy (non-hydrogen) atoms. The van der Waals surface area contributed by atoms with Gasteiger partial charge in [0.05, 0.1) is 0 Å². The summed E-state index contributed by atoms with van der Waals surface area (Å²) < 4.78 is 0. The summed E-state index contributed by atoms with van der Waals surface area (Å²) in [5.74, 6) is -4.00. The summed E-state index contributed by atoms with van der Waals surface area (Å²) in [6.07, 6.45) is 1.23. The van der Waals surface area contributed by atoms with Crippen molar-refractivity contribution in [2.45, 2.75) is 6.42 Å². The van der Waals surface area contributed by atoms with E-state index >= 15 is 0 Å². The third-order valence-corrected chi connectivity index (χ3v) is 0.999. The van der Waals surface area contributed by atoms with Crippen molar-refractivity contribution in [3.63, 3.8) is 0 Å². The normalized spacial score (nSPS) is 7.06. The summed E-state index contributed by atoms with van der Waals surface area (Å²) in [4.78, 5) is 20.2. The molecule has 7 nitrogen and oxygen atoms in total. The summed E-state index contributed by atoms with van der Waals surface area (Å²) in [7, 11) is -2.92. The largest absolute Gasteiger partial charge is 1.00 e. The van der Waals surface area contributed by atoms with E-state index in [-0.39, 0.29) is 63.0 Å². The fourth-order valence-corrected chi connectivity index (χ4v) is 0.474. The second-order valence-corrected chi connectivity index (χ2v) is 2.04. The van der Waals surface area contributed by atoms with Crippen LogP contribution in [0.1, 0.15) is 6.42 Å². The molecule has 0 aromatic carbocycles. The fourth-order valence-electron chi connectivity index (χ4n) is 0.474. The van der Waals surface area contributed by atoms with Crippen molar-refractivity contribution < 1.29 is 91.5 Å². The maximum atomic E-state index is 10.1. The zero-order chi connectivity index (χ0) is 11.7. The van der Waals surface area contributed by atoms with Gasteiger partial charge >= 0.3 is 68.5 Å². The van der Waals surface area contributed by atoms with Gasteiger partial charge in [-0.2, -0.15) is 0 Å². The number of hydrogen-bond acceptors (Lipinski definition) is 5. The molecule has 0 unspecified atom stereocenters. The van der Waals surface area contributed by atoms with Gasteiger partial charge in [0.15, 0.2) is 5.92 Å². The minimum Gasteiger partial charge on any atom is -0.907 e. The van der Waals surface area contributed by atoms with Gasteiger partial charge in [-0.3, -0.25) is 16.9 Å². The first kappa shape index (κ1) is 30.4. The van der Waals surface area contributed by atoms with Crippen molar-refractivity contribution >= 4 is 19.3 Å². The number of carboxylic acid groups (broad SMARTS) is 2. The molecule has 2 N–H and O–H groups in total. The third kappa shape index (κ3) is 26.2. The van der Waals surface area contributed by atoms with Gasteiger partial charge in [0, 0.05) is 0 Å². The molecule has 0 aliphatic rings. The number of carboxylic acids is 2. The number of rotatable bonds is 4. The van der Waals surface area contributed by atoms with Gasteiger partial charge in [-0.05, 0) is 6.42 Å². The van der Waals surface area contributed by atoms with Crippen molar-refractivity contribution in [2.24, 2.45) is 5.92 Å². The predicted molar refractivity (Wildman–Crippen MR) is 39.3 cm³/mol. The Morgan fingerprint density at radius 1 is 1.12 bits per heavy atom. The van der Waals surface area contributed by atoms with Gasteiger partial charge < -0.3 is 25.3 Å². The van der Waals surface area contributed by atoms with Crippen molar-refractivity contribution in [2.75, 3.05) is 0 Å². The summed E-state index contributed by atoms with van der Waals surface area (Å²) in [6, 6.07) is 0. The van der Waals surface area contributed by atoms with E-state index in [0.29, 0.717) is 0 Å². The maximum absolute atomic E-state index is 10.1. The van der Waals surface area contributed by atoms with Gasteiger partial charge in [-0.1, -0.05) is 6.08 Å². The van der Waals surface area contributed by atoms with E-state index in [0.717, 1.165) is 0 Å². The topological polar surface area (TPSA) is 144 Å². The van der Waals surface area contributed by atoms with Gasteiger partial charge in [-0.25, -0.2) is 0 Å². The first-order chi connectivity index (χ1) is 6.32. The molecule has 0 heterocycles. The van der Waals surface area contributed by atoms with E-state index in [4.69, 9.17) is 25.3 Å². The van der Waals surface area contributed by atoms with Crippen LogP contribution in [-0.4, -0.2) is 29.5 Å². The Labute approximate surface area is 135 Å². The Bertz CT molecular complexity index is 197. The molecule has 0 rings (SSSR count). The summed E-state index contributed by atoms with van der Waals surface area (Å²) >= 11 is 0. The zero-order valence-corrected chi connectivity index (χ0v) is 10.1. The molecule has 0 aliphatic heterocycles. The van der Waals surface area contributed by atoms with E-state index < -0.39 is 25.2 Å². The maximum Gasteiger partial charge on any atom is 1.00 e. The summed E-state index contributed by atoms with van der Waals surface area (Å²) in [5, 5.41) is 41.7. The van der Waals surface area contributed by atoms with Crippen LogP contribution in [0.2, 0.25) is 0 Å². The van der Waals surface area contributed by atoms with Gasteiger partial charge in [0.1, 0.15) is 0 Å². The van der Waals surface area contributed by atoms with E-state index in [1.54, 1.807) is 0 Å². The molecule has 0 fully saturated rings. The standard InChI is InChI=1S/C6H8O4.BO3.3Li/c1-2-3-4(5(7)8)6(9)10;2-1(3)4;;;/h2,4H,1,3H2,(H,7,8)(H,9,10);;;;/q;-3;3*+1. The van der Waals surface area contributed by atoms with Crippen LogP contribution in [0.15, 0.2) is 12.7 Å². The van der Waals surface area contributed by atoms with E-state index in [2.05, 4.69) is 6.58 Å².